The minimum Gasteiger partial charge on any atom is -0.458 e. The molecule has 0 bridgehead atoms. The fourth-order valence-electron chi connectivity index (χ4n) is 4.20. The van der Waals surface area contributed by atoms with Gasteiger partial charge in [0.15, 0.2) is 12.0 Å². The van der Waals surface area contributed by atoms with E-state index in [1.165, 1.54) is 0 Å². The molecule has 1 aromatic carbocycles. The second-order valence-corrected chi connectivity index (χ2v) is 8.24. The maximum atomic E-state index is 12.9. The van der Waals surface area contributed by atoms with Gasteiger partial charge in [0.25, 0.3) is 5.91 Å². The number of pyridine rings is 1. The number of aliphatic imine (C=N–C) groups is 1. The number of carbonyl (C=O) groups is 1. The first-order chi connectivity index (χ1) is 16.2. The predicted octanol–water partition coefficient (Wildman–Crippen LogP) is 4.39. The Labute approximate surface area is 193 Å². The van der Waals surface area contributed by atoms with Crippen LogP contribution in [0.4, 0.5) is 5.69 Å². The summed E-state index contributed by atoms with van der Waals surface area (Å²) < 4.78 is 5.59. The summed E-state index contributed by atoms with van der Waals surface area (Å²) in [4.78, 5) is 23.3. The summed E-state index contributed by atoms with van der Waals surface area (Å²) in [5.41, 5.74) is 0.828. The molecular formula is C25H28N6O2. The highest BCUT2D eigenvalue weighted by Gasteiger charge is 2.29. The molecule has 1 saturated heterocycles. The number of nitrogens with zero attached hydrogens (tertiary/aromatic N) is 4. The normalized spacial score (nSPS) is 16.0. The van der Waals surface area contributed by atoms with E-state index in [1.807, 2.05) is 47.5 Å². The highest BCUT2D eigenvalue weighted by atomic mass is 16.3. The molecule has 4 rings (SSSR count). The Morgan fingerprint density at radius 1 is 1.21 bits per heavy atom. The molecule has 0 radical (unpaired) electrons. The van der Waals surface area contributed by atoms with Gasteiger partial charge in [-0.15, -0.1) is 0 Å². The van der Waals surface area contributed by atoms with E-state index >= 15 is 0 Å². The number of rotatable bonds is 8. The molecule has 2 aromatic heterocycles. The van der Waals surface area contributed by atoms with Crippen LogP contribution in [0.2, 0.25) is 0 Å². The number of likely N-dealkylation sites (tertiary alicyclic amines) is 1. The number of nitrogens with one attached hydrogen (secondary N) is 2. The van der Waals surface area contributed by atoms with Crippen LogP contribution in [0.15, 0.2) is 64.5 Å². The van der Waals surface area contributed by atoms with Gasteiger partial charge in [-0.25, -0.2) is 0 Å². The first-order valence-electron chi connectivity index (χ1n) is 11.4. The summed E-state index contributed by atoms with van der Waals surface area (Å²) in [6, 6.07) is 11.4. The number of amides is 1. The van der Waals surface area contributed by atoms with Crippen molar-refractivity contribution in [1.29, 1.82) is 5.26 Å². The van der Waals surface area contributed by atoms with Gasteiger partial charge in [-0.1, -0.05) is 37.1 Å². The van der Waals surface area contributed by atoms with Crippen molar-refractivity contribution in [1.82, 2.24) is 15.2 Å². The highest BCUT2D eigenvalue weighted by Crippen LogP contribution is 2.27. The third kappa shape index (κ3) is 5.89. The molecule has 3 aromatic rings. The van der Waals surface area contributed by atoms with Crippen LogP contribution < -0.4 is 10.6 Å². The van der Waals surface area contributed by atoms with Crippen molar-refractivity contribution < 1.29 is 9.21 Å². The number of fused-ring (bicyclic) bond motifs is 1. The Morgan fingerprint density at radius 3 is 2.91 bits per heavy atom. The lowest BCUT2D eigenvalue weighted by atomic mass is 10.0. The summed E-state index contributed by atoms with van der Waals surface area (Å²) in [5.74, 6) is 1.42. The van der Waals surface area contributed by atoms with E-state index < -0.39 is 0 Å². The number of carbonyl (C=O) groups excluding carboxylic acids is 1. The number of aromatic nitrogens is 1. The average Bonchev–Trinajstić information content (AvgIpc) is 3.49. The van der Waals surface area contributed by atoms with E-state index in [0.29, 0.717) is 24.2 Å². The van der Waals surface area contributed by atoms with Crippen LogP contribution in [0.5, 0.6) is 0 Å². The van der Waals surface area contributed by atoms with Gasteiger partial charge in [-0.05, 0) is 37.3 Å². The lowest BCUT2D eigenvalue weighted by Crippen LogP contribution is -2.28. The molecule has 1 aliphatic rings. The SMILES string of the molecule is N#CNC(=NCCCCCC1CCN(C(=O)c2occ3ccccc23)C1)Nc1ccncc1. The van der Waals surface area contributed by atoms with Gasteiger partial charge in [0.05, 0.1) is 6.26 Å². The van der Waals surface area contributed by atoms with Crippen molar-refractivity contribution in [3.05, 3.63) is 60.8 Å². The van der Waals surface area contributed by atoms with Crippen molar-refractivity contribution in [2.45, 2.75) is 32.1 Å². The molecule has 3 heterocycles. The highest BCUT2D eigenvalue weighted by molar-refractivity contribution is 6.04. The van der Waals surface area contributed by atoms with Crippen molar-refractivity contribution in [3.8, 4) is 6.19 Å². The minimum atomic E-state index is -0.00717. The standard InChI is InChI=1S/C25H28N6O2/c26-18-29-25(30-21-9-13-27-14-10-21)28-12-5-1-2-6-19-11-15-31(16-19)24(32)23-22-8-4-3-7-20(22)17-33-23/h3-4,7-10,13-14,17,19H,1-2,5-6,11-12,15-16H2,(H2,27,28,29,30). The van der Waals surface area contributed by atoms with Crippen molar-refractivity contribution in [3.63, 3.8) is 0 Å². The molecule has 1 amide bonds. The average molecular weight is 445 g/mol. The number of hydrogen-bond acceptors (Lipinski definition) is 5. The Kier molecular flexibility index (Phi) is 7.54. The maximum Gasteiger partial charge on any atom is 0.290 e. The molecule has 0 saturated carbocycles. The molecule has 2 N–H and O–H groups in total. The first kappa shape index (κ1) is 22.3. The van der Waals surface area contributed by atoms with E-state index in [9.17, 15) is 4.79 Å². The fraction of sp³-hybridized carbons (Fsp3) is 0.360. The number of hydrogen-bond donors (Lipinski definition) is 2. The van der Waals surface area contributed by atoms with Crippen LogP contribution in [0.3, 0.4) is 0 Å². The summed E-state index contributed by atoms with van der Waals surface area (Å²) in [6.45, 7) is 2.22. The number of furan rings is 1. The smallest absolute Gasteiger partial charge is 0.290 e. The van der Waals surface area contributed by atoms with E-state index in [4.69, 9.17) is 9.68 Å². The predicted molar refractivity (Wildman–Crippen MR) is 128 cm³/mol. The van der Waals surface area contributed by atoms with E-state index in [2.05, 4.69) is 20.6 Å². The first-order valence-corrected chi connectivity index (χ1v) is 11.4. The molecule has 33 heavy (non-hydrogen) atoms. The molecule has 1 aliphatic heterocycles. The lowest BCUT2D eigenvalue weighted by Gasteiger charge is -2.15. The molecule has 8 nitrogen and oxygen atoms in total. The van der Waals surface area contributed by atoms with Crippen LogP contribution in [-0.2, 0) is 0 Å². The Balaban J connectivity index is 1.17. The summed E-state index contributed by atoms with van der Waals surface area (Å²) in [5, 5.41) is 16.4. The number of nitriles is 1. The van der Waals surface area contributed by atoms with Gasteiger partial charge < -0.3 is 14.6 Å². The Hall–Kier alpha value is -3.86. The largest absolute Gasteiger partial charge is 0.458 e. The summed E-state index contributed by atoms with van der Waals surface area (Å²) in [6.07, 6.45) is 12.2. The molecule has 0 spiro atoms. The molecule has 170 valence electrons. The lowest BCUT2D eigenvalue weighted by molar-refractivity contribution is 0.0757. The number of anilines is 1. The molecule has 0 aliphatic carbocycles. The zero-order chi connectivity index (χ0) is 22.9. The van der Waals surface area contributed by atoms with Gasteiger partial charge in [0.1, 0.15) is 0 Å². The number of benzene rings is 1. The second kappa shape index (κ2) is 11.1. The molecule has 1 fully saturated rings. The number of guanidine groups is 1. The van der Waals surface area contributed by atoms with Gasteiger partial charge in [0.2, 0.25) is 5.96 Å². The molecule has 1 unspecified atom stereocenters. The maximum absolute atomic E-state index is 12.9. The van der Waals surface area contributed by atoms with Crippen LogP contribution in [0.1, 0.15) is 42.7 Å². The fourth-order valence-corrected chi connectivity index (χ4v) is 4.20. The van der Waals surface area contributed by atoms with Gasteiger partial charge in [-0.3, -0.25) is 20.1 Å². The van der Waals surface area contributed by atoms with Crippen LogP contribution in [-0.4, -0.2) is 41.4 Å². The molecular weight excluding hydrogens is 416 g/mol. The van der Waals surface area contributed by atoms with Crippen LogP contribution >= 0.6 is 0 Å². The minimum absolute atomic E-state index is 0.00717. The van der Waals surface area contributed by atoms with Crippen molar-refractivity contribution >= 4 is 28.3 Å². The zero-order valence-corrected chi connectivity index (χ0v) is 18.5. The second-order valence-electron chi connectivity index (χ2n) is 8.24. The van der Waals surface area contributed by atoms with Crippen molar-refractivity contribution in [2.24, 2.45) is 10.9 Å². The van der Waals surface area contributed by atoms with E-state index in [0.717, 1.165) is 61.7 Å². The van der Waals surface area contributed by atoms with Crippen LogP contribution in [0, 0.1) is 17.4 Å². The third-order valence-electron chi connectivity index (χ3n) is 5.93. The summed E-state index contributed by atoms with van der Waals surface area (Å²) in [7, 11) is 0. The molecule has 8 heteroatoms. The monoisotopic (exact) mass is 444 g/mol. The molecule has 1 atom stereocenters. The number of unbranched alkanes of at least 4 members (excludes halogenated alkanes) is 2. The van der Waals surface area contributed by atoms with Gasteiger partial charge >= 0.3 is 0 Å². The van der Waals surface area contributed by atoms with Crippen LogP contribution in [0.25, 0.3) is 10.8 Å². The van der Waals surface area contributed by atoms with E-state index in [-0.39, 0.29) is 5.91 Å². The van der Waals surface area contributed by atoms with E-state index in [1.54, 1.807) is 18.7 Å². The third-order valence-corrected chi connectivity index (χ3v) is 5.93. The van der Waals surface area contributed by atoms with Crippen molar-refractivity contribution in [2.75, 3.05) is 25.0 Å². The Bertz CT molecular complexity index is 1130. The summed E-state index contributed by atoms with van der Waals surface area (Å²) >= 11 is 0. The van der Waals surface area contributed by atoms with Gasteiger partial charge in [0, 0.05) is 48.5 Å². The topological polar surface area (TPSA) is 107 Å². The Morgan fingerprint density at radius 2 is 2.06 bits per heavy atom. The van der Waals surface area contributed by atoms with Gasteiger partial charge in [-0.2, -0.15) is 5.26 Å². The quantitative estimate of drug-likeness (QED) is 0.175. The zero-order valence-electron chi connectivity index (χ0n) is 18.5.